The van der Waals surface area contributed by atoms with Crippen LogP contribution in [0, 0.1) is 6.92 Å². The van der Waals surface area contributed by atoms with E-state index < -0.39 is 0 Å². The first-order valence-corrected chi connectivity index (χ1v) is 4.97. The third kappa shape index (κ3) is 1.67. The van der Waals surface area contributed by atoms with E-state index >= 15 is 0 Å². The largest absolute Gasteiger partial charge is 0.493 e. The second kappa shape index (κ2) is 3.98. The molecule has 0 saturated carbocycles. The van der Waals surface area contributed by atoms with Crippen molar-refractivity contribution >= 4 is 16.8 Å². The molecule has 4 heteroatoms. The molecule has 2 rings (SSSR count). The zero-order valence-corrected chi connectivity index (χ0v) is 9.24. The van der Waals surface area contributed by atoms with Gasteiger partial charge in [-0.3, -0.25) is 4.79 Å². The second-order valence-corrected chi connectivity index (χ2v) is 3.58. The first-order valence-electron chi connectivity index (χ1n) is 4.97. The van der Waals surface area contributed by atoms with Crippen molar-refractivity contribution in [2.45, 2.75) is 6.92 Å². The zero-order chi connectivity index (χ0) is 11.7. The smallest absolute Gasteiger partial charge is 0.176 e. The third-order valence-corrected chi connectivity index (χ3v) is 2.43. The number of aryl methyl sites for hydroxylation is 1. The molecular weight excluding hydrogens is 206 g/mol. The Labute approximate surface area is 93.0 Å². The van der Waals surface area contributed by atoms with Gasteiger partial charge >= 0.3 is 0 Å². The fourth-order valence-corrected chi connectivity index (χ4v) is 1.68. The Hall–Kier alpha value is -1.81. The average molecular weight is 219 g/mol. The highest BCUT2D eigenvalue weighted by molar-refractivity contribution is 6.01. The van der Waals surface area contributed by atoms with Crippen molar-refractivity contribution in [3.8, 4) is 5.75 Å². The van der Waals surface area contributed by atoms with Crippen molar-refractivity contribution in [2.24, 2.45) is 5.73 Å². The summed E-state index contributed by atoms with van der Waals surface area (Å²) in [5.74, 6) is 1.23. The van der Waals surface area contributed by atoms with E-state index in [0.717, 1.165) is 11.1 Å². The predicted octanol–water partition coefficient (Wildman–Crippen LogP) is 1.89. The van der Waals surface area contributed by atoms with Crippen LogP contribution in [0.2, 0.25) is 0 Å². The van der Waals surface area contributed by atoms with E-state index in [9.17, 15) is 4.79 Å². The van der Waals surface area contributed by atoms with E-state index in [1.807, 2.05) is 13.0 Å². The molecule has 0 bridgehead atoms. The van der Waals surface area contributed by atoms with E-state index in [-0.39, 0.29) is 12.3 Å². The second-order valence-electron chi connectivity index (χ2n) is 3.58. The SMILES string of the molecule is COc1cc(C(=O)CN)cc2cc(C)oc12. The Balaban J connectivity index is 2.67. The number of hydrogen-bond donors (Lipinski definition) is 1. The van der Waals surface area contributed by atoms with E-state index in [4.69, 9.17) is 14.9 Å². The number of fused-ring (bicyclic) bond motifs is 1. The molecule has 4 nitrogen and oxygen atoms in total. The molecule has 0 radical (unpaired) electrons. The van der Waals surface area contributed by atoms with Gasteiger partial charge in [0, 0.05) is 10.9 Å². The highest BCUT2D eigenvalue weighted by atomic mass is 16.5. The van der Waals surface area contributed by atoms with Crippen LogP contribution >= 0.6 is 0 Å². The molecule has 84 valence electrons. The number of furan rings is 1. The van der Waals surface area contributed by atoms with Gasteiger partial charge in [0.25, 0.3) is 0 Å². The highest BCUT2D eigenvalue weighted by Gasteiger charge is 2.12. The van der Waals surface area contributed by atoms with Crippen molar-refractivity contribution in [3.05, 3.63) is 29.5 Å². The number of ether oxygens (including phenoxy) is 1. The minimum Gasteiger partial charge on any atom is -0.493 e. The van der Waals surface area contributed by atoms with Crippen molar-refractivity contribution in [1.82, 2.24) is 0 Å². The summed E-state index contributed by atoms with van der Waals surface area (Å²) < 4.78 is 10.7. The first kappa shape index (κ1) is 10.7. The quantitative estimate of drug-likeness (QED) is 0.800. The summed E-state index contributed by atoms with van der Waals surface area (Å²) >= 11 is 0. The zero-order valence-electron chi connectivity index (χ0n) is 9.24. The molecule has 0 amide bonds. The lowest BCUT2D eigenvalue weighted by Gasteiger charge is -2.03. The Morgan fingerprint density at radius 1 is 1.44 bits per heavy atom. The molecular formula is C12H13NO3. The van der Waals surface area contributed by atoms with Crippen LogP contribution in [0.5, 0.6) is 5.75 Å². The van der Waals surface area contributed by atoms with Gasteiger partial charge < -0.3 is 14.9 Å². The van der Waals surface area contributed by atoms with Crippen LogP contribution in [-0.2, 0) is 0 Å². The molecule has 0 aliphatic carbocycles. The summed E-state index contributed by atoms with van der Waals surface area (Å²) in [6.45, 7) is 1.84. The maximum absolute atomic E-state index is 11.5. The van der Waals surface area contributed by atoms with Crippen molar-refractivity contribution in [2.75, 3.05) is 13.7 Å². The van der Waals surface area contributed by atoms with E-state index in [0.29, 0.717) is 16.9 Å². The molecule has 2 N–H and O–H groups in total. The van der Waals surface area contributed by atoms with Gasteiger partial charge in [-0.15, -0.1) is 0 Å². The van der Waals surface area contributed by atoms with Gasteiger partial charge in [-0.2, -0.15) is 0 Å². The van der Waals surface area contributed by atoms with Gasteiger partial charge in [-0.25, -0.2) is 0 Å². The summed E-state index contributed by atoms with van der Waals surface area (Å²) in [5.41, 5.74) is 6.54. The Kier molecular flexibility index (Phi) is 2.66. The summed E-state index contributed by atoms with van der Waals surface area (Å²) in [5, 5.41) is 0.855. The molecule has 0 saturated heterocycles. The molecule has 0 fully saturated rings. The van der Waals surface area contributed by atoms with E-state index in [1.165, 1.54) is 0 Å². The lowest BCUT2D eigenvalue weighted by atomic mass is 10.1. The number of hydrogen-bond acceptors (Lipinski definition) is 4. The molecule has 0 unspecified atom stereocenters. The molecule has 0 aliphatic heterocycles. The fraction of sp³-hybridized carbons (Fsp3) is 0.250. The number of benzene rings is 1. The monoisotopic (exact) mass is 219 g/mol. The van der Waals surface area contributed by atoms with Gasteiger partial charge in [0.15, 0.2) is 17.1 Å². The van der Waals surface area contributed by atoms with Crippen LogP contribution < -0.4 is 10.5 Å². The normalized spacial score (nSPS) is 10.7. The summed E-state index contributed by atoms with van der Waals surface area (Å²) in [6.07, 6.45) is 0. The predicted molar refractivity (Wildman–Crippen MR) is 60.9 cm³/mol. The van der Waals surface area contributed by atoms with Gasteiger partial charge in [0.2, 0.25) is 0 Å². The number of Topliss-reactive ketones (excluding diaryl/α,β-unsaturated/α-hetero) is 1. The number of methoxy groups -OCH3 is 1. The molecule has 0 spiro atoms. The molecule has 16 heavy (non-hydrogen) atoms. The highest BCUT2D eigenvalue weighted by Crippen LogP contribution is 2.30. The maximum atomic E-state index is 11.5. The lowest BCUT2D eigenvalue weighted by molar-refractivity contribution is 0.100. The molecule has 0 atom stereocenters. The Morgan fingerprint density at radius 2 is 2.19 bits per heavy atom. The summed E-state index contributed by atoms with van der Waals surface area (Å²) in [4.78, 5) is 11.5. The van der Waals surface area contributed by atoms with Crippen LogP contribution in [-0.4, -0.2) is 19.4 Å². The van der Waals surface area contributed by atoms with Gasteiger partial charge in [0.1, 0.15) is 5.76 Å². The minimum atomic E-state index is -0.112. The minimum absolute atomic E-state index is 0.00844. The standard InChI is InChI=1S/C12H13NO3/c1-7-3-9-4-8(10(14)6-13)5-11(15-2)12(9)16-7/h3-5H,6,13H2,1-2H3. The number of nitrogens with two attached hydrogens (primary N) is 1. The molecule has 1 heterocycles. The summed E-state index contributed by atoms with van der Waals surface area (Å²) in [7, 11) is 1.54. The molecule has 1 aromatic heterocycles. The lowest BCUT2D eigenvalue weighted by Crippen LogP contribution is -2.13. The Morgan fingerprint density at radius 3 is 2.81 bits per heavy atom. The van der Waals surface area contributed by atoms with Crippen LogP contribution in [0.25, 0.3) is 11.0 Å². The maximum Gasteiger partial charge on any atom is 0.176 e. The van der Waals surface area contributed by atoms with Gasteiger partial charge in [0.05, 0.1) is 13.7 Å². The molecule has 0 aliphatic rings. The number of rotatable bonds is 3. The Bertz CT molecular complexity index is 542. The van der Waals surface area contributed by atoms with Crippen molar-refractivity contribution in [1.29, 1.82) is 0 Å². The van der Waals surface area contributed by atoms with Crippen molar-refractivity contribution in [3.63, 3.8) is 0 Å². The van der Waals surface area contributed by atoms with Gasteiger partial charge in [-0.05, 0) is 25.1 Å². The first-order chi connectivity index (χ1) is 7.65. The number of carbonyl (C=O) groups is 1. The van der Waals surface area contributed by atoms with Crippen LogP contribution in [0.4, 0.5) is 0 Å². The van der Waals surface area contributed by atoms with Crippen LogP contribution in [0.15, 0.2) is 22.6 Å². The van der Waals surface area contributed by atoms with Crippen LogP contribution in [0.1, 0.15) is 16.1 Å². The average Bonchev–Trinajstić information content (AvgIpc) is 2.66. The molecule has 2 aromatic rings. The van der Waals surface area contributed by atoms with Crippen LogP contribution in [0.3, 0.4) is 0 Å². The fourth-order valence-electron chi connectivity index (χ4n) is 1.68. The van der Waals surface area contributed by atoms with Gasteiger partial charge in [-0.1, -0.05) is 0 Å². The third-order valence-electron chi connectivity index (χ3n) is 2.43. The molecule has 1 aromatic carbocycles. The van der Waals surface area contributed by atoms with E-state index in [1.54, 1.807) is 19.2 Å². The van der Waals surface area contributed by atoms with Crippen molar-refractivity contribution < 1.29 is 13.9 Å². The number of ketones is 1. The van der Waals surface area contributed by atoms with E-state index in [2.05, 4.69) is 0 Å². The number of carbonyl (C=O) groups excluding carboxylic acids is 1. The topological polar surface area (TPSA) is 65.5 Å². The summed E-state index contributed by atoms with van der Waals surface area (Å²) in [6, 6.07) is 5.29.